The normalized spacial score (nSPS) is 14.2. The average molecular weight is 1650 g/mol. The number of aryl methyl sites for hydroxylation is 3. The summed E-state index contributed by atoms with van der Waals surface area (Å²) in [6, 6.07) is 27.0. The summed E-state index contributed by atoms with van der Waals surface area (Å²) < 4.78 is 112. The highest BCUT2D eigenvalue weighted by atomic mass is 32.2. The van der Waals surface area contributed by atoms with Crippen LogP contribution in [0.1, 0.15) is 27.8 Å². The maximum absolute atomic E-state index is 13.6. The van der Waals surface area contributed by atoms with Gasteiger partial charge in [-0.2, -0.15) is 93.7 Å². The van der Waals surface area contributed by atoms with Gasteiger partial charge in [0.15, 0.2) is 0 Å². The van der Waals surface area contributed by atoms with Crippen molar-refractivity contribution in [3.05, 3.63) is 212 Å². The van der Waals surface area contributed by atoms with Crippen LogP contribution in [-0.4, -0.2) is 206 Å². The summed E-state index contributed by atoms with van der Waals surface area (Å²) in [6.07, 6.45) is 46.4. The number of aromatic nitrogens is 17. The van der Waals surface area contributed by atoms with Gasteiger partial charge in [-0.3, -0.25) is 28.5 Å². The minimum absolute atomic E-state index is 0.0362. The van der Waals surface area contributed by atoms with E-state index in [1.54, 1.807) is 83.2 Å². The zero-order valence-electron chi connectivity index (χ0n) is 63.8. The van der Waals surface area contributed by atoms with Crippen LogP contribution in [0.25, 0.3) is 83.3 Å². The van der Waals surface area contributed by atoms with Crippen molar-refractivity contribution >= 4 is 76.0 Å². The van der Waals surface area contributed by atoms with Gasteiger partial charge in [0.25, 0.3) is 10.2 Å². The van der Waals surface area contributed by atoms with E-state index in [0.29, 0.717) is 103 Å². The second-order valence-electron chi connectivity index (χ2n) is 27.5. The summed E-state index contributed by atoms with van der Waals surface area (Å²) in [5.41, 5.74) is 14.7. The summed E-state index contributed by atoms with van der Waals surface area (Å²) in [5, 5.41) is 54.9. The molecule has 0 radical (unpaired) electrons. The van der Waals surface area contributed by atoms with Crippen molar-refractivity contribution in [2.75, 3.05) is 109 Å². The van der Waals surface area contributed by atoms with Crippen LogP contribution in [0.2, 0.25) is 0 Å². The van der Waals surface area contributed by atoms with Crippen LogP contribution in [0.15, 0.2) is 178 Å². The summed E-state index contributed by atoms with van der Waals surface area (Å²) in [6.45, 7) is 4.40. The van der Waals surface area contributed by atoms with Gasteiger partial charge in [-0.1, -0.05) is 17.8 Å². The molecule has 0 aliphatic carbocycles. The Balaban J connectivity index is 0.000000140. The minimum atomic E-state index is -3.91. The summed E-state index contributed by atoms with van der Waals surface area (Å²) in [7, 11) is -5.70. The van der Waals surface area contributed by atoms with E-state index in [-0.39, 0.29) is 44.0 Å². The maximum Gasteiger partial charge on any atom is 0.301 e. The van der Waals surface area contributed by atoms with Crippen molar-refractivity contribution in [2.24, 2.45) is 21.1 Å². The Morgan fingerprint density at radius 3 is 1.08 bits per heavy atom. The number of terminal acetylenes is 3. The predicted octanol–water partition coefficient (Wildman–Crippen LogP) is 6.44. The standard InChI is InChI=1S/C28H23FN10O2S.C28H24N10O2S.C24H23N9O2S/c1-3-19-10-24(16-32-28(19)29)35-42(40,41)38-8-6-37(7-9-38)26-5-4-20(13-31-26)25-11-21(23-15-33-36(2)17-23)18-39-27(25)22(12-30)14-34-39;1-3-20-10-25(17-30-13-20)34-41(39,40)37-8-6-36(7-9-37)27-5-4-21(14-31-27)26-11-22(24-16-32-35(2)18-24)19-38-28(26)23(12-29)15-33-38;1-3-6-29-36(34,35)32-9-7-31(8-10-32)23-5-4-18(13-26-23)22-11-19(21-15-27-30(2)16-21)17-33-24(22)20(12-25)14-28-33/h1,4-5,10-11,13-18,35H,6-9H2,2H3;1,4-5,10-11,13-19,34H,6-9H2,2H3;1,4-5,11,13-17,29H,6-10H2,2H3. The number of halogens is 1. The first-order valence-electron chi connectivity index (χ1n) is 36.6. The van der Waals surface area contributed by atoms with Crippen LogP contribution >= 0.6 is 0 Å². The Hall–Kier alpha value is -14.8. The summed E-state index contributed by atoms with van der Waals surface area (Å²) in [4.78, 5) is 27.6. The molecule has 0 saturated carbocycles. The number of nitrogens with zero attached hydrogens (tertiary/aromatic N) is 26. The number of hydrogen-bond acceptors (Lipinski definition) is 23. The van der Waals surface area contributed by atoms with Gasteiger partial charge in [-0.25, -0.2) is 33.5 Å². The molecule has 0 aromatic carbocycles. The van der Waals surface area contributed by atoms with E-state index in [1.165, 1.54) is 37.6 Å². The summed E-state index contributed by atoms with van der Waals surface area (Å²) in [5.74, 6) is 8.21. The van der Waals surface area contributed by atoms with E-state index in [4.69, 9.17) is 24.3 Å². The molecule has 17 heterocycles. The summed E-state index contributed by atoms with van der Waals surface area (Å²) >= 11 is 0. The van der Waals surface area contributed by atoms with Crippen molar-refractivity contribution in [1.29, 1.82) is 15.8 Å². The fourth-order valence-corrected chi connectivity index (χ4v) is 17.4. The first-order valence-corrected chi connectivity index (χ1v) is 40.9. The van der Waals surface area contributed by atoms with Gasteiger partial charge in [0, 0.05) is 234 Å². The molecule has 3 fully saturated rings. The molecule has 0 amide bonds. The molecule has 3 aliphatic heterocycles. The van der Waals surface area contributed by atoms with Gasteiger partial charge < -0.3 is 14.7 Å². The highest BCUT2D eigenvalue weighted by Crippen LogP contribution is 2.37. The lowest BCUT2D eigenvalue weighted by atomic mass is 10.0. The average Bonchev–Trinajstić information content (AvgIpc) is 1.68. The lowest BCUT2D eigenvalue weighted by Crippen LogP contribution is -2.52. The van der Waals surface area contributed by atoms with E-state index in [0.717, 1.165) is 84.6 Å². The molecule has 0 spiro atoms. The van der Waals surface area contributed by atoms with Crippen molar-refractivity contribution in [3.63, 3.8) is 0 Å². The number of rotatable bonds is 18. The van der Waals surface area contributed by atoms with Gasteiger partial charge in [-0.05, 0) is 66.7 Å². The Bertz CT molecular complexity index is 6840. The topological polar surface area (TPSA) is 399 Å². The molecule has 119 heavy (non-hydrogen) atoms. The van der Waals surface area contributed by atoms with E-state index in [2.05, 4.69) is 101 Å². The van der Waals surface area contributed by atoms with E-state index in [1.807, 2.05) is 128 Å². The molecule has 0 atom stereocenters. The molecule has 14 aromatic rings. The molecule has 17 rings (SSSR count). The fraction of sp³-hybridized carbons (Fsp3) is 0.200. The van der Waals surface area contributed by atoms with Gasteiger partial charge in [0.05, 0.1) is 106 Å². The second kappa shape index (κ2) is 33.6. The number of hydrogen-bond donors (Lipinski definition) is 3. The van der Waals surface area contributed by atoms with Crippen molar-refractivity contribution in [1.82, 2.24) is 101 Å². The molecule has 35 nitrogen and oxygen atoms in total. The zero-order chi connectivity index (χ0) is 83.3. The molecule has 3 saturated heterocycles. The third-order valence-corrected chi connectivity index (χ3v) is 24.6. The number of anilines is 5. The first kappa shape index (κ1) is 79.5. The largest absolute Gasteiger partial charge is 0.354 e. The molecule has 0 bridgehead atoms. The lowest BCUT2D eigenvalue weighted by Gasteiger charge is -2.34. The highest BCUT2D eigenvalue weighted by Gasteiger charge is 2.32. The van der Waals surface area contributed by atoms with Crippen LogP contribution in [0, 0.1) is 77.0 Å². The van der Waals surface area contributed by atoms with Crippen LogP contribution < -0.4 is 28.9 Å². The van der Waals surface area contributed by atoms with Crippen molar-refractivity contribution < 1.29 is 29.6 Å². The van der Waals surface area contributed by atoms with Crippen molar-refractivity contribution in [2.45, 2.75) is 0 Å². The molecule has 14 aromatic heterocycles. The van der Waals surface area contributed by atoms with Gasteiger partial charge in [0.2, 0.25) is 5.95 Å². The Morgan fingerprint density at radius 2 is 0.756 bits per heavy atom. The van der Waals surface area contributed by atoms with E-state index >= 15 is 0 Å². The zero-order valence-corrected chi connectivity index (χ0v) is 66.3. The Kier molecular flexibility index (Phi) is 22.4. The smallest absolute Gasteiger partial charge is 0.301 e. The SMILES string of the molecule is C#CCNS(=O)(=O)N1CCN(c2ccc(-c3cc(-c4cnn(C)c4)cn4ncc(C#N)c34)cn2)CC1.C#Cc1cc(NS(=O)(=O)N2CCN(c3ccc(-c4cc(-c5cnn(C)c5)cn5ncc(C#N)c45)cn3)CC2)cnc1F.C#Cc1cncc(NS(=O)(=O)N2CCN(c3ccc(-c4cc(-c5cnn(C)c5)cn5ncc(C#N)c45)cn3)CC2)c1. The number of pyridine rings is 8. The fourth-order valence-electron chi connectivity index (χ4n) is 14.0. The van der Waals surface area contributed by atoms with Crippen LogP contribution in [0.5, 0.6) is 0 Å². The highest BCUT2D eigenvalue weighted by molar-refractivity contribution is 7.90. The Morgan fingerprint density at radius 1 is 0.387 bits per heavy atom. The quantitative estimate of drug-likeness (QED) is 0.0614. The van der Waals surface area contributed by atoms with Gasteiger partial charge in [-0.15, -0.1) is 19.3 Å². The first-order chi connectivity index (χ1) is 57.5. The lowest BCUT2D eigenvalue weighted by molar-refractivity contribution is 0.379. The van der Waals surface area contributed by atoms with Crippen LogP contribution in [0.3, 0.4) is 0 Å². The number of piperazine rings is 3. The molecular weight excluding hydrogens is 1580 g/mol. The number of fused-ring (bicyclic) bond motifs is 3. The van der Waals surface area contributed by atoms with E-state index in [9.17, 15) is 45.4 Å². The third kappa shape index (κ3) is 17.0. The maximum atomic E-state index is 13.6. The predicted molar refractivity (Wildman–Crippen MR) is 443 cm³/mol. The number of nitrogens with one attached hydrogen (secondary N) is 3. The van der Waals surface area contributed by atoms with Crippen molar-refractivity contribution in [3.8, 4) is 122 Å². The monoisotopic (exact) mass is 1650 g/mol. The second-order valence-corrected chi connectivity index (χ2v) is 32.6. The van der Waals surface area contributed by atoms with Gasteiger partial charge in [0.1, 0.15) is 35.7 Å². The molecule has 0 unspecified atom stereocenters. The van der Waals surface area contributed by atoms with Crippen LogP contribution in [-0.2, 0) is 51.8 Å². The van der Waals surface area contributed by atoms with Crippen LogP contribution in [0.4, 0.5) is 33.2 Å². The number of nitriles is 3. The Labute approximate surface area is 682 Å². The molecule has 3 aliphatic rings. The minimum Gasteiger partial charge on any atom is -0.354 e. The molecule has 39 heteroatoms. The van der Waals surface area contributed by atoms with E-state index < -0.39 is 36.6 Å². The third-order valence-electron chi connectivity index (χ3n) is 19.9. The molecule has 596 valence electrons. The molecular formula is C80H70FN29O6S3. The van der Waals surface area contributed by atoms with Gasteiger partial charge >= 0.3 is 20.4 Å². The molecule has 3 N–H and O–H groups in total.